The summed E-state index contributed by atoms with van der Waals surface area (Å²) in [6, 6.07) is 14.1. The first-order chi connectivity index (χ1) is 10.1. The molecule has 1 atom stereocenters. The number of ether oxygens (including phenoxy) is 1. The fourth-order valence-corrected chi connectivity index (χ4v) is 1.69. The van der Waals surface area contributed by atoms with E-state index in [0.717, 1.165) is 0 Å². The molecule has 0 saturated carbocycles. The minimum Gasteiger partial charge on any atom is -0.481 e. The van der Waals surface area contributed by atoms with Gasteiger partial charge in [0.2, 0.25) is 0 Å². The molecule has 0 radical (unpaired) electrons. The van der Waals surface area contributed by atoms with Crippen LogP contribution in [0.15, 0.2) is 48.5 Å². The standard InChI is InChI=1S/C16H13FN2O2/c1-11(21-14-8-6-13(17)7-9-14)16(20)19-15-5-3-2-4-12(15)10-18/h2-9,11H,1H3,(H,19,20)/t11-/m0/s1. The Morgan fingerprint density at radius 2 is 1.90 bits per heavy atom. The molecular formula is C16H13FN2O2. The van der Waals surface area contributed by atoms with Crippen LogP contribution in [-0.2, 0) is 4.79 Å². The summed E-state index contributed by atoms with van der Waals surface area (Å²) in [5.74, 6) is -0.364. The number of carbonyl (C=O) groups is 1. The highest BCUT2D eigenvalue weighted by atomic mass is 19.1. The van der Waals surface area contributed by atoms with E-state index in [1.54, 1.807) is 31.2 Å². The molecule has 0 bridgehead atoms. The van der Waals surface area contributed by atoms with Gasteiger partial charge in [-0.15, -0.1) is 0 Å². The van der Waals surface area contributed by atoms with Gasteiger partial charge in [0.25, 0.3) is 5.91 Å². The van der Waals surface area contributed by atoms with Crippen molar-refractivity contribution in [1.29, 1.82) is 5.26 Å². The highest BCUT2D eigenvalue weighted by molar-refractivity contribution is 5.95. The van der Waals surface area contributed by atoms with Gasteiger partial charge in [-0.1, -0.05) is 12.1 Å². The molecule has 0 unspecified atom stereocenters. The molecule has 0 aliphatic rings. The first-order valence-corrected chi connectivity index (χ1v) is 6.32. The number of para-hydroxylation sites is 1. The summed E-state index contributed by atoms with van der Waals surface area (Å²) >= 11 is 0. The lowest BCUT2D eigenvalue weighted by molar-refractivity contribution is -0.122. The molecule has 5 heteroatoms. The minimum atomic E-state index is -0.776. The Balaban J connectivity index is 2.03. The molecule has 0 aliphatic carbocycles. The topological polar surface area (TPSA) is 62.1 Å². The number of benzene rings is 2. The second kappa shape index (κ2) is 6.53. The predicted molar refractivity (Wildman–Crippen MR) is 76.3 cm³/mol. The maximum atomic E-state index is 12.8. The van der Waals surface area contributed by atoms with Crippen LogP contribution in [0.4, 0.5) is 10.1 Å². The van der Waals surface area contributed by atoms with Crippen molar-refractivity contribution < 1.29 is 13.9 Å². The molecule has 106 valence electrons. The van der Waals surface area contributed by atoms with E-state index in [1.807, 2.05) is 6.07 Å². The third-order valence-electron chi connectivity index (χ3n) is 2.80. The lowest BCUT2D eigenvalue weighted by Crippen LogP contribution is -2.30. The van der Waals surface area contributed by atoms with Crippen LogP contribution in [0.25, 0.3) is 0 Å². The van der Waals surface area contributed by atoms with Crippen molar-refractivity contribution in [2.75, 3.05) is 5.32 Å². The van der Waals surface area contributed by atoms with Crippen LogP contribution in [-0.4, -0.2) is 12.0 Å². The normalized spacial score (nSPS) is 11.3. The van der Waals surface area contributed by atoms with E-state index in [1.165, 1.54) is 24.3 Å². The van der Waals surface area contributed by atoms with E-state index < -0.39 is 6.10 Å². The van der Waals surface area contributed by atoms with Crippen molar-refractivity contribution in [3.8, 4) is 11.8 Å². The number of anilines is 1. The zero-order valence-corrected chi connectivity index (χ0v) is 11.3. The lowest BCUT2D eigenvalue weighted by atomic mass is 10.2. The Morgan fingerprint density at radius 3 is 2.57 bits per heavy atom. The minimum absolute atomic E-state index is 0.373. The maximum Gasteiger partial charge on any atom is 0.265 e. The van der Waals surface area contributed by atoms with Crippen molar-refractivity contribution in [2.24, 2.45) is 0 Å². The van der Waals surface area contributed by atoms with E-state index >= 15 is 0 Å². The molecule has 0 saturated heterocycles. The van der Waals surface area contributed by atoms with Gasteiger partial charge in [0, 0.05) is 0 Å². The number of hydrogen-bond donors (Lipinski definition) is 1. The van der Waals surface area contributed by atoms with Gasteiger partial charge in [0.15, 0.2) is 6.10 Å². The van der Waals surface area contributed by atoms with E-state index in [0.29, 0.717) is 17.0 Å². The van der Waals surface area contributed by atoms with Crippen LogP contribution >= 0.6 is 0 Å². The van der Waals surface area contributed by atoms with Crippen LogP contribution in [0.2, 0.25) is 0 Å². The van der Waals surface area contributed by atoms with Crippen LogP contribution < -0.4 is 10.1 Å². The fourth-order valence-electron chi connectivity index (χ4n) is 1.69. The summed E-state index contributed by atoms with van der Waals surface area (Å²) in [5.41, 5.74) is 0.805. The second-order valence-corrected chi connectivity index (χ2v) is 4.36. The summed E-state index contributed by atoms with van der Waals surface area (Å²) in [7, 11) is 0. The first-order valence-electron chi connectivity index (χ1n) is 6.32. The highest BCUT2D eigenvalue weighted by Crippen LogP contribution is 2.16. The average Bonchev–Trinajstić information content (AvgIpc) is 2.50. The Morgan fingerprint density at radius 1 is 1.24 bits per heavy atom. The zero-order valence-electron chi connectivity index (χ0n) is 11.3. The molecule has 21 heavy (non-hydrogen) atoms. The fraction of sp³-hybridized carbons (Fsp3) is 0.125. The van der Waals surface area contributed by atoms with E-state index in [9.17, 15) is 9.18 Å². The van der Waals surface area contributed by atoms with Gasteiger partial charge < -0.3 is 10.1 Å². The van der Waals surface area contributed by atoms with Gasteiger partial charge in [-0.05, 0) is 43.3 Å². The van der Waals surface area contributed by atoms with Crippen molar-refractivity contribution >= 4 is 11.6 Å². The van der Waals surface area contributed by atoms with Gasteiger partial charge in [-0.25, -0.2) is 4.39 Å². The van der Waals surface area contributed by atoms with Gasteiger partial charge in [-0.3, -0.25) is 4.79 Å². The number of nitrogens with zero attached hydrogens (tertiary/aromatic N) is 1. The Kier molecular flexibility index (Phi) is 4.52. The summed E-state index contributed by atoms with van der Waals surface area (Å²) < 4.78 is 18.2. The largest absolute Gasteiger partial charge is 0.481 e. The van der Waals surface area contributed by atoms with E-state index in [-0.39, 0.29) is 11.7 Å². The monoisotopic (exact) mass is 284 g/mol. The third kappa shape index (κ3) is 3.80. The molecule has 2 aromatic rings. The predicted octanol–water partition coefficient (Wildman–Crippen LogP) is 3.10. The summed E-state index contributed by atoms with van der Waals surface area (Å²) in [4.78, 5) is 12.0. The molecular weight excluding hydrogens is 271 g/mol. The Hall–Kier alpha value is -2.87. The van der Waals surface area contributed by atoms with Gasteiger partial charge in [0.1, 0.15) is 17.6 Å². The molecule has 0 spiro atoms. The number of rotatable bonds is 4. The number of halogens is 1. The quantitative estimate of drug-likeness (QED) is 0.938. The van der Waals surface area contributed by atoms with Crippen LogP contribution in [0.5, 0.6) is 5.75 Å². The molecule has 0 fully saturated rings. The van der Waals surface area contributed by atoms with Crippen LogP contribution in [0.1, 0.15) is 12.5 Å². The number of nitrogens with one attached hydrogen (secondary N) is 1. The van der Waals surface area contributed by atoms with Crippen LogP contribution in [0, 0.1) is 17.1 Å². The molecule has 1 amide bonds. The van der Waals surface area contributed by atoms with Crippen molar-refractivity contribution in [1.82, 2.24) is 0 Å². The van der Waals surface area contributed by atoms with Crippen molar-refractivity contribution in [3.05, 3.63) is 59.9 Å². The van der Waals surface area contributed by atoms with Crippen molar-refractivity contribution in [3.63, 3.8) is 0 Å². The molecule has 0 aromatic heterocycles. The Labute approximate surface area is 121 Å². The van der Waals surface area contributed by atoms with Gasteiger partial charge in [-0.2, -0.15) is 5.26 Å². The van der Waals surface area contributed by atoms with Crippen molar-refractivity contribution in [2.45, 2.75) is 13.0 Å². The van der Waals surface area contributed by atoms with Gasteiger partial charge in [0.05, 0.1) is 11.3 Å². The maximum absolute atomic E-state index is 12.8. The molecule has 4 nitrogen and oxygen atoms in total. The Bertz CT molecular complexity index is 677. The third-order valence-corrected chi connectivity index (χ3v) is 2.80. The van der Waals surface area contributed by atoms with Gasteiger partial charge >= 0.3 is 0 Å². The summed E-state index contributed by atoms with van der Waals surface area (Å²) in [6.45, 7) is 1.58. The number of nitriles is 1. The second-order valence-electron chi connectivity index (χ2n) is 4.36. The molecule has 2 rings (SSSR count). The summed E-state index contributed by atoms with van der Waals surface area (Å²) in [5, 5.41) is 11.6. The molecule has 2 aromatic carbocycles. The molecule has 0 aliphatic heterocycles. The zero-order chi connectivity index (χ0) is 15.2. The number of amides is 1. The first kappa shape index (κ1) is 14.5. The summed E-state index contributed by atoms with van der Waals surface area (Å²) in [6.07, 6.45) is -0.776. The van der Waals surface area contributed by atoms with Crippen LogP contribution in [0.3, 0.4) is 0 Å². The number of hydrogen-bond acceptors (Lipinski definition) is 3. The molecule has 1 N–H and O–H groups in total. The van der Waals surface area contributed by atoms with E-state index in [2.05, 4.69) is 5.32 Å². The SMILES string of the molecule is C[C@H](Oc1ccc(F)cc1)C(=O)Nc1ccccc1C#N. The smallest absolute Gasteiger partial charge is 0.265 e. The lowest BCUT2D eigenvalue weighted by Gasteiger charge is -2.15. The molecule has 0 heterocycles. The highest BCUT2D eigenvalue weighted by Gasteiger charge is 2.16. The van der Waals surface area contributed by atoms with E-state index in [4.69, 9.17) is 10.00 Å². The number of carbonyl (C=O) groups excluding carboxylic acids is 1. The average molecular weight is 284 g/mol.